The van der Waals surface area contributed by atoms with Gasteiger partial charge in [-0.05, 0) is 30.9 Å². The minimum Gasteiger partial charge on any atom is -0.480 e. The average molecular weight is 306 g/mol. The molecule has 1 saturated carbocycles. The van der Waals surface area contributed by atoms with Crippen molar-refractivity contribution in [3.05, 3.63) is 36.7 Å². The lowest BCUT2D eigenvalue weighted by Gasteiger charge is -2.15. The summed E-state index contributed by atoms with van der Waals surface area (Å²) < 4.78 is 27.3. The molecule has 1 heterocycles. The van der Waals surface area contributed by atoms with Crippen LogP contribution in [-0.2, 0) is 14.8 Å². The van der Waals surface area contributed by atoms with Crippen LogP contribution in [-0.4, -0.2) is 30.5 Å². The topological polar surface area (TPSA) is 96.4 Å². The molecule has 0 aliphatic heterocycles. The number of hydrogen-bond donors (Lipinski definition) is 2. The minimum atomic E-state index is -3.89. The molecule has 1 aliphatic carbocycles. The Balaban J connectivity index is 2.02. The molecule has 0 bridgehead atoms. The number of carbonyl (C=O) groups is 1. The second kappa shape index (κ2) is 5.09. The molecule has 110 valence electrons. The summed E-state index contributed by atoms with van der Waals surface area (Å²) in [7, 11) is -3.89. The number of nitrogens with zero attached hydrogens (tertiary/aromatic N) is 1. The number of pyridine rings is 1. The molecule has 0 amide bonds. The smallest absolute Gasteiger partial charge is 0.322 e. The van der Waals surface area contributed by atoms with Crippen molar-refractivity contribution in [1.82, 2.24) is 9.71 Å². The van der Waals surface area contributed by atoms with Crippen molar-refractivity contribution >= 4 is 26.8 Å². The summed E-state index contributed by atoms with van der Waals surface area (Å²) in [4.78, 5) is 15.2. The molecule has 1 aromatic carbocycles. The number of carboxylic acids is 1. The van der Waals surface area contributed by atoms with Crippen LogP contribution in [0.5, 0.6) is 0 Å². The third-order valence-corrected chi connectivity index (χ3v) is 5.07. The van der Waals surface area contributed by atoms with Crippen molar-refractivity contribution in [2.45, 2.75) is 23.8 Å². The molecule has 2 aromatic rings. The van der Waals surface area contributed by atoms with Gasteiger partial charge in [-0.3, -0.25) is 9.78 Å². The number of rotatable bonds is 5. The molecule has 2 N–H and O–H groups in total. The van der Waals surface area contributed by atoms with Crippen LogP contribution in [0.3, 0.4) is 0 Å². The summed E-state index contributed by atoms with van der Waals surface area (Å²) >= 11 is 0. The molecular formula is C14H14N2O4S. The first-order chi connectivity index (χ1) is 9.99. The van der Waals surface area contributed by atoms with Crippen LogP contribution in [0.4, 0.5) is 0 Å². The van der Waals surface area contributed by atoms with E-state index in [1.807, 2.05) is 0 Å². The van der Waals surface area contributed by atoms with Gasteiger partial charge in [-0.1, -0.05) is 12.1 Å². The van der Waals surface area contributed by atoms with E-state index in [1.165, 1.54) is 12.3 Å². The highest BCUT2D eigenvalue weighted by atomic mass is 32.2. The average Bonchev–Trinajstić information content (AvgIpc) is 3.28. The van der Waals surface area contributed by atoms with Crippen molar-refractivity contribution in [2.24, 2.45) is 5.92 Å². The predicted molar refractivity (Wildman–Crippen MR) is 76.2 cm³/mol. The van der Waals surface area contributed by atoms with E-state index in [0.29, 0.717) is 10.8 Å². The van der Waals surface area contributed by atoms with Gasteiger partial charge in [0, 0.05) is 23.2 Å². The molecule has 21 heavy (non-hydrogen) atoms. The zero-order valence-corrected chi connectivity index (χ0v) is 11.9. The third-order valence-electron chi connectivity index (χ3n) is 3.57. The van der Waals surface area contributed by atoms with Crippen LogP contribution >= 0.6 is 0 Å². The molecule has 1 aromatic heterocycles. The van der Waals surface area contributed by atoms with Gasteiger partial charge in [-0.15, -0.1) is 0 Å². The summed E-state index contributed by atoms with van der Waals surface area (Å²) in [6, 6.07) is 5.39. The molecule has 1 aliphatic rings. The zero-order chi connectivity index (χ0) is 15.0. The number of aliphatic carboxylic acids is 1. The molecule has 0 radical (unpaired) electrons. The molecule has 0 saturated heterocycles. The fourth-order valence-electron chi connectivity index (χ4n) is 2.34. The number of nitrogens with one attached hydrogen (secondary N) is 1. The maximum Gasteiger partial charge on any atom is 0.322 e. The summed E-state index contributed by atoms with van der Waals surface area (Å²) in [5.74, 6) is -1.25. The van der Waals surface area contributed by atoms with Gasteiger partial charge < -0.3 is 5.11 Å². The van der Waals surface area contributed by atoms with Crippen LogP contribution in [0.2, 0.25) is 0 Å². The van der Waals surface area contributed by atoms with E-state index < -0.39 is 22.0 Å². The Bertz CT molecular complexity index is 794. The Morgan fingerprint density at radius 1 is 1.33 bits per heavy atom. The summed E-state index contributed by atoms with van der Waals surface area (Å²) in [6.07, 6.45) is 4.55. The van der Waals surface area contributed by atoms with E-state index in [4.69, 9.17) is 0 Å². The predicted octanol–water partition coefficient (Wildman–Crippen LogP) is 1.38. The fraction of sp³-hybridized carbons (Fsp3) is 0.286. The Kier molecular flexibility index (Phi) is 3.38. The maximum atomic E-state index is 12.5. The normalized spacial score (nSPS) is 16.8. The molecule has 3 rings (SSSR count). The Morgan fingerprint density at radius 2 is 2.10 bits per heavy atom. The lowest BCUT2D eigenvalue weighted by molar-refractivity contribution is -0.139. The number of aromatic nitrogens is 1. The van der Waals surface area contributed by atoms with E-state index in [0.717, 1.165) is 12.8 Å². The molecule has 0 spiro atoms. The lowest BCUT2D eigenvalue weighted by atomic mass is 10.2. The summed E-state index contributed by atoms with van der Waals surface area (Å²) in [5.41, 5.74) is 0. The van der Waals surface area contributed by atoms with Crippen molar-refractivity contribution in [3.8, 4) is 0 Å². The number of fused-ring (bicyclic) bond motifs is 1. The second-order valence-corrected chi connectivity index (χ2v) is 6.81. The van der Waals surface area contributed by atoms with Crippen LogP contribution < -0.4 is 4.72 Å². The number of benzene rings is 1. The van der Waals surface area contributed by atoms with Crippen LogP contribution in [0.15, 0.2) is 41.6 Å². The van der Waals surface area contributed by atoms with Gasteiger partial charge >= 0.3 is 5.97 Å². The van der Waals surface area contributed by atoms with Gasteiger partial charge in [0.05, 0.1) is 4.90 Å². The fourth-order valence-corrected chi connectivity index (χ4v) is 3.82. The van der Waals surface area contributed by atoms with E-state index >= 15 is 0 Å². The Hall–Kier alpha value is -1.99. The van der Waals surface area contributed by atoms with E-state index in [1.54, 1.807) is 24.4 Å². The highest BCUT2D eigenvalue weighted by molar-refractivity contribution is 7.89. The van der Waals surface area contributed by atoms with Crippen molar-refractivity contribution in [3.63, 3.8) is 0 Å². The summed E-state index contributed by atoms with van der Waals surface area (Å²) in [5, 5.41) is 10.4. The van der Waals surface area contributed by atoms with E-state index in [2.05, 4.69) is 9.71 Å². The molecule has 1 atom stereocenters. The Labute approximate surface area is 121 Å². The number of hydrogen-bond acceptors (Lipinski definition) is 4. The first-order valence-electron chi connectivity index (χ1n) is 6.57. The van der Waals surface area contributed by atoms with Crippen molar-refractivity contribution in [2.75, 3.05) is 0 Å². The molecule has 1 fully saturated rings. The van der Waals surface area contributed by atoms with E-state index in [9.17, 15) is 18.3 Å². The van der Waals surface area contributed by atoms with E-state index in [-0.39, 0.29) is 10.8 Å². The SMILES string of the molecule is O=C(O)C(NS(=O)(=O)c1cccc2cnccc12)C1CC1. The number of carboxylic acid groups (broad SMARTS) is 1. The molecular weight excluding hydrogens is 292 g/mol. The van der Waals surface area contributed by atoms with Crippen LogP contribution in [0.25, 0.3) is 10.8 Å². The second-order valence-electron chi connectivity index (χ2n) is 5.13. The van der Waals surface area contributed by atoms with Gasteiger partial charge in [0.2, 0.25) is 10.0 Å². The van der Waals surface area contributed by atoms with Crippen molar-refractivity contribution < 1.29 is 18.3 Å². The molecule has 7 heteroatoms. The van der Waals surface area contributed by atoms with Gasteiger partial charge in [0.15, 0.2) is 0 Å². The third kappa shape index (κ3) is 2.74. The lowest BCUT2D eigenvalue weighted by Crippen LogP contribution is -2.42. The monoisotopic (exact) mass is 306 g/mol. The minimum absolute atomic E-state index is 0.0781. The van der Waals surface area contributed by atoms with Crippen LogP contribution in [0, 0.1) is 5.92 Å². The quantitative estimate of drug-likeness (QED) is 0.870. The first kappa shape index (κ1) is 14.0. The maximum absolute atomic E-state index is 12.5. The molecule has 6 nitrogen and oxygen atoms in total. The highest BCUT2D eigenvalue weighted by Gasteiger charge is 2.39. The van der Waals surface area contributed by atoms with Gasteiger partial charge in [-0.2, -0.15) is 4.72 Å². The largest absolute Gasteiger partial charge is 0.480 e. The highest BCUT2D eigenvalue weighted by Crippen LogP contribution is 2.34. The zero-order valence-electron chi connectivity index (χ0n) is 11.1. The van der Waals surface area contributed by atoms with Gasteiger partial charge in [-0.25, -0.2) is 8.42 Å². The number of sulfonamides is 1. The van der Waals surface area contributed by atoms with Gasteiger partial charge in [0.25, 0.3) is 0 Å². The molecule has 1 unspecified atom stereocenters. The van der Waals surface area contributed by atoms with Gasteiger partial charge in [0.1, 0.15) is 6.04 Å². The standard InChI is InChI=1S/C14H14N2O4S/c17-14(18)13(9-4-5-9)16-21(19,20)12-3-1-2-10-8-15-7-6-11(10)12/h1-3,6-9,13,16H,4-5H2,(H,17,18). The van der Waals surface area contributed by atoms with Crippen LogP contribution in [0.1, 0.15) is 12.8 Å². The summed E-state index contributed by atoms with van der Waals surface area (Å²) in [6.45, 7) is 0. The first-order valence-corrected chi connectivity index (χ1v) is 8.05. The van der Waals surface area contributed by atoms with Crippen molar-refractivity contribution in [1.29, 1.82) is 0 Å². The Morgan fingerprint density at radius 3 is 2.76 bits per heavy atom.